The van der Waals surface area contributed by atoms with Crippen LogP contribution in [0.1, 0.15) is 17.2 Å². The molecule has 5 heteroatoms. The molecule has 2 aromatic rings. The lowest BCUT2D eigenvalue weighted by molar-refractivity contribution is 0.388. The molecule has 1 heterocycles. The lowest BCUT2D eigenvalue weighted by Gasteiger charge is -2.16. The predicted molar refractivity (Wildman–Crippen MR) is 76.4 cm³/mol. The van der Waals surface area contributed by atoms with Gasteiger partial charge in [-0.3, -0.25) is 0 Å². The van der Waals surface area contributed by atoms with Gasteiger partial charge >= 0.3 is 0 Å². The monoisotopic (exact) mass is 274 g/mol. The van der Waals surface area contributed by atoms with Gasteiger partial charge in [0.25, 0.3) is 0 Å². The van der Waals surface area contributed by atoms with E-state index in [2.05, 4.69) is 4.98 Å². The molecule has 0 spiro atoms. The molecule has 5 nitrogen and oxygen atoms in total. The normalized spacial score (nSPS) is 11.8. The third kappa shape index (κ3) is 2.83. The molecule has 0 aliphatic rings. The van der Waals surface area contributed by atoms with Crippen LogP contribution in [0.4, 0.5) is 0 Å². The van der Waals surface area contributed by atoms with Crippen LogP contribution in [0.5, 0.6) is 17.4 Å². The SMILES string of the molecule is COc1cc(OC)cc(C(N)c2cccnc2OC)c1. The van der Waals surface area contributed by atoms with E-state index in [9.17, 15) is 0 Å². The first-order chi connectivity index (χ1) is 9.69. The van der Waals surface area contributed by atoms with E-state index >= 15 is 0 Å². The van der Waals surface area contributed by atoms with E-state index in [-0.39, 0.29) is 6.04 Å². The van der Waals surface area contributed by atoms with Crippen molar-refractivity contribution in [1.82, 2.24) is 4.98 Å². The summed E-state index contributed by atoms with van der Waals surface area (Å²) in [7, 11) is 4.79. The smallest absolute Gasteiger partial charge is 0.218 e. The van der Waals surface area contributed by atoms with Gasteiger partial charge in [0.1, 0.15) is 11.5 Å². The molecule has 2 rings (SSSR count). The van der Waals surface area contributed by atoms with Gasteiger partial charge in [0, 0.05) is 17.8 Å². The molecule has 0 bridgehead atoms. The summed E-state index contributed by atoms with van der Waals surface area (Å²) in [5.74, 6) is 1.90. The van der Waals surface area contributed by atoms with E-state index in [1.807, 2.05) is 24.3 Å². The molecule has 0 saturated carbocycles. The van der Waals surface area contributed by atoms with Gasteiger partial charge in [-0.05, 0) is 23.8 Å². The van der Waals surface area contributed by atoms with Crippen LogP contribution in [0.2, 0.25) is 0 Å². The first-order valence-electron chi connectivity index (χ1n) is 6.17. The van der Waals surface area contributed by atoms with Gasteiger partial charge in [-0.2, -0.15) is 0 Å². The second-order valence-electron chi connectivity index (χ2n) is 4.23. The Hall–Kier alpha value is -2.27. The van der Waals surface area contributed by atoms with Crippen LogP contribution in [-0.4, -0.2) is 26.3 Å². The lowest BCUT2D eigenvalue weighted by atomic mass is 10.00. The molecule has 1 unspecified atom stereocenters. The molecule has 0 radical (unpaired) electrons. The molecule has 1 atom stereocenters. The summed E-state index contributed by atoms with van der Waals surface area (Å²) < 4.78 is 15.8. The molecule has 1 aromatic carbocycles. The number of hydrogen-bond donors (Lipinski definition) is 1. The van der Waals surface area contributed by atoms with Gasteiger partial charge in [-0.1, -0.05) is 6.07 Å². The summed E-state index contributed by atoms with van der Waals surface area (Å²) in [5, 5.41) is 0. The van der Waals surface area contributed by atoms with E-state index in [4.69, 9.17) is 19.9 Å². The topological polar surface area (TPSA) is 66.6 Å². The summed E-state index contributed by atoms with van der Waals surface area (Å²) in [4.78, 5) is 4.16. The van der Waals surface area contributed by atoms with Crippen molar-refractivity contribution in [3.8, 4) is 17.4 Å². The maximum atomic E-state index is 6.31. The van der Waals surface area contributed by atoms with Crippen LogP contribution in [-0.2, 0) is 0 Å². The van der Waals surface area contributed by atoms with Crippen molar-refractivity contribution >= 4 is 0 Å². The van der Waals surface area contributed by atoms with Crippen LogP contribution >= 0.6 is 0 Å². The minimum absolute atomic E-state index is 0.373. The number of methoxy groups -OCH3 is 3. The molecule has 1 aromatic heterocycles. The fraction of sp³-hybridized carbons (Fsp3) is 0.267. The van der Waals surface area contributed by atoms with E-state index in [0.717, 1.165) is 11.1 Å². The minimum Gasteiger partial charge on any atom is -0.497 e. The van der Waals surface area contributed by atoms with Crippen molar-refractivity contribution in [1.29, 1.82) is 0 Å². The van der Waals surface area contributed by atoms with Gasteiger partial charge < -0.3 is 19.9 Å². The third-order valence-corrected chi connectivity index (χ3v) is 3.06. The Balaban J connectivity index is 2.44. The summed E-state index contributed by atoms with van der Waals surface area (Å²) in [6.07, 6.45) is 1.67. The van der Waals surface area contributed by atoms with E-state index in [0.29, 0.717) is 17.4 Å². The summed E-state index contributed by atoms with van der Waals surface area (Å²) >= 11 is 0. The zero-order chi connectivity index (χ0) is 14.5. The molecule has 0 aliphatic heterocycles. The van der Waals surface area contributed by atoms with E-state index < -0.39 is 0 Å². The summed E-state index contributed by atoms with van der Waals surface area (Å²) in [5.41, 5.74) is 7.99. The molecule has 106 valence electrons. The van der Waals surface area contributed by atoms with E-state index in [1.54, 1.807) is 33.6 Å². The fourth-order valence-corrected chi connectivity index (χ4v) is 2.00. The molecule has 0 amide bonds. The Labute approximate surface area is 118 Å². The van der Waals surface area contributed by atoms with E-state index in [1.165, 1.54) is 0 Å². The van der Waals surface area contributed by atoms with Crippen LogP contribution < -0.4 is 19.9 Å². The zero-order valence-corrected chi connectivity index (χ0v) is 11.8. The minimum atomic E-state index is -0.373. The molecular weight excluding hydrogens is 256 g/mol. The Morgan fingerprint density at radius 1 is 1.00 bits per heavy atom. The van der Waals surface area contributed by atoms with Gasteiger partial charge in [0.15, 0.2) is 0 Å². The van der Waals surface area contributed by atoms with Crippen molar-refractivity contribution < 1.29 is 14.2 Å². The van der Waals surface area contributed by atoms with Crippen LogP contribution in [0, 0.1) is 0 Å². The fourth-order valence-electron chi connectivity index (χ4n) is 2.00. The highest BCUT2D eigenvalue weighted by Crippen LogP contribution is 2.31. The number of benzene rings is 1. The molecule has 0 fully saturated rings. The summed E-state index contributed by atoms with van der Waals surface area (Å²) in [6.45, 7) is 0. The first kappa shape index (κ1) is 14.1. The molecule has 2 N–H and O–H groups in total. The Morgan fingerprint density at radius 2 is 1.65 bits per heavy atom. The van der Waals surface area contributed by atoms with Crippen molar-refractivity contribution in [2.45, 2.75) is 6.04 Å². The Kier molecular flexibility index (Phi) is 4.42. The first-order valence-corrected chi connectivity index (χ1v) is 6.17. The van der Waals surface area contributed by atoms with Crippen molar-refractivity contribution in [3.63, 3.8) is 0 Å². The highest BCUT2D eigenvalue weighted by atomic mass is 16.5. The van der Waals surface area contributed by atoms with Crippen molar-refractivity contribution in [2.24, 2.45) is 5.73 Å². The van der Waals surface area contributed by atoms with Crippen molar-refractivity contribution in [3.05, 3.63) is 47.7 Å². The number of aromatic nitrogens is 1. The molecular formula is C15H18N2O3. The average molecular weight is 274 g/mol. The second-order valence-corrected chi connectivity index (χ2v) is 4.23. The molecule has 0 aliphatic carbocycles. The average Bonchev–Trinajstić information content (AvgIpc) is 2.53. The standard InChI is InChI=1S/C15H18N2O3/c1-18-11-7-10(8-12(9-11)19-2)14(16)13-5-4-6-17-15(13)20-3/h4-9,14H,16H2,1-3H3. The number of ether oxygens (including phenoxy) is 3. The van der Waals surface area contributed by atoms with Gasteiger partial charge in [0.05, 0.1) is 27.4 Å². The Morgan fingerprint density at radius 3 is 2.20 bits per heavy atom. The molecule has 20 heavy (non-hydrogen) atoms. The van der Waals surface area contributed by atoms with Crippen LogP contribution in [0.3, 0.4) is 0 Å². The number of rotatable bonds is 5. The number of hydrogen-bond acceptors (Lipinski definition) is 5. The quantitative estimate of drug-likeness (QED) is 0.905. The van der Waals surface area contributed by atoms with Gasteiger partial charge in [0.2, 0.25) is 5.88 Å². The zero-order valence-electron chi connectivity index (χ0n) is 11.8. The largest absolute Gasteiger partial charge is 0.497 e. The lowest BCUT2D eigenvalue weighted by Crippen LogP contribution is -2.14. The second kappa shape index (κ2) is 6.25. The highest BCUT2D eigenvalue weighted by molar-refractivity contribution is 5.44. The maximum absolute atomic E-state index is 6.31. The van der Waals surface area contributed by atoms with Gasteiger partial charge in [-0.25, -0.2) is 4.98 Å². The number of nitrogens with two attached hydrogens (primary N) is 1. The molecule has 0 saturated heterocycles. The van der Waals surface area contributed by atoms with Crippen LogP contribution in [0.15, 0.2) is 36.5 Å². The number of pyridine rings is 1. The number of nitrogens with zero attached hydrogens (tertiary/aromatic N) is 1. The van der Waals surface area contributed by atoms with Crippen molar-refractivity contribution in [2.75, 3.05) is 21.3 Å². The Bertz CT molecular complexity index is 565. The third-order valence-electron chi connectivity index (χ3n) is 3.06. The maximum Gasteiger partial charge on any atom is 0.218 e. The summed E-state index contributed by atoms with van der Waals surface area (Å²) in [6, 6.07) is 8.90. The van der Waals surface area contributed by atoms with Gasteiger partial charge in [-0.15, -0.1) is 0 Å². The predicted octanol–water partition coefficient (Wildman–Crippen LogP) is 2.16. The van der Waals surface area contributed by atoms with Crippen LogP contribution in [0.25, 0.3) is 0 Å². The highest BCUT2D eigenvalue weighted by Gasteiger charge is 2.16.